The second-order valence-electron chi connectivity index (χ2n) is 17.5. The predicted octanol–water partition coefficient (Wildman–Crippen LogP) is -1.93. The second kappa shape index (κ2) is 28.7. The van der Waals surface area contributed by atoms with E-state index in [2.05, 4.69) is 36.2 Å². The molecule has 7 amide bonds. The number of aromatic nitrogens is 2. The van der Waals surface area contributed by atoms with E-state index in [-0.39, 0.29) is 87.9 Å². The van der Waals surface area contributed by atoms with Crippen molar-refractivity contribution in [3.8, 4) is 5.75 Å². The van der Waals surface area contributed by atoms with Crippen molar-refractivity contribution in [2.75, 3.05) is 50.8 Å². The van der Waals surface area contributed by atoms with Gasteiger partial charge in [-0.15, -0.1) is 0 Å². The van der Waals surface area contributed by atoms with Crippen LogP contribution in [0.25, 0.3) is 0 Å². The largest absolute Gasteiger partial charge is 0.508 e. The molecule has 2 aliphatic rings. The van der Waals surface area contributed by atoms with Gasteiger partial charge in [-0.2, -0.15) is 0 Å². The van der Waals surface area contributed by atoms with Gasteiger partial charge in [-0.05, 0) is 48.9 Å². The van der Waals surface area contributed by atoms with Crippen LogP contribution < -0.4 is 38.5 Å². The van der Waals surface area contributed by atoms with Gasteiger partial charge in [0, 0.05) is 68.8 Å². The zero-order chi connectivity index (χ0) is 53.7. The zero-order valence-electron chi connectivity index (χ0n) is 40.4. The number of carboxylic acid groups (broad SMARTS) is 2. The number of aromatic amines is 1. The first-order valence-electron chi connectivity index (χ1n) is 23.7. The van der Waals surface area contributed by atoms with Gasteiger partial charge in [-0.25, -0.2) is 9.78 Å². The van der Waals surface area contributed by atoms with Crippen LogP contribution in [0.2, 0.25) is 0 Å². The minimum Gasteiger partial charge on any atom is -0.508 e. The van der Waals surface area contributed by atoms with Gasteiger partial charge in [-0.1, -0.05) is 64.1 Å². The van der Waals surface area contributed by atoms with Gasteiger partial charge in [0.2, 0.25) is 41.4 Å². The number of nitrogens with two attached hydrogens (primary N) is 3. The summed E-state index contributed by atoms with van der Waals surface area (Å²) in [5.74, 6) is -7.47. The Labute approximate surface area is 434 Å². The molecule has 14 N–H and O–H groups in total. The molecule has 0 radical (unpaired) electrons. The fourth-order valence-electron chi connectivity index (χ4n) is 8.24. The zero-order valence-corrected chi connectivity index (χ0v) is 42.1. The van der Waals surface area contributed by atoms with Gasteiger partial charge < -0.3 is 73.5 Å². The number of benzene rings is 2. The van der Waals surface area contributed by atoms with Crippen LogP contribution >= 0.6 is 21.6 Å². The van der Waals surface area contributed by atoms with Crippen LogP contribution in [0.1, 0.15) is 48.9 Å². The number of hydrogen-bond donors (Lipinski definition) is 11. The number of H-pyrrole nitrogens is 1. The Hall–Kier alpha value is -7.39. The molecular weight excluding hydrogens is 1000 g/mol. The molecule has 0 aliphatic carbocycles. The topological polar surface area (TPSA) is 391 Å². The Morgan fingerprint density at radius 3 is 2.23 bits per heavy atom. The van der Waals surface area contributed by atoms with Gasteiger partial charge >= 0.3 is 11.9 Å². The van der Waals surface area contributed by atoms with Crippen LogP contribution in [0.3, 0.4) is 0 Å². The summed E-state index contributed by atoms with van der Waals surface area (Å²) in [5.41, 5.74) is 18.4. The van der Waals surface area contributed by atoms with E-state index in [1.807, 2.05) is 0 Å². The molecule has 2 fully saturated rings. The van der Waals surface area contributed by atoms with Crippen molar-refractivity contribution in [2.45, 2.75) is 87.6 Å². The van der Waals surface area contributed by atoms with Crippen LogP contribution in [0.15, 0.2) is 72.1 Å². The SMILES string of the molecule is NC(N)=NCCC[C@H](NC(=O)[C@@H](N)CC(=O)O)C(=O)N1CCSSCCN(CC(=O)N[C@@H](Cc2cnc[nH]2)C(=O)N2CCC[C@H]2C(=O)N[C@@H](Cc2ccccc2)C(=O)O)C(=O)[C@H](Cc2ccc(O)cc2)NC(=O)C1. The molecule has 74 heavy (non-hydrogen) atoms. The number of aromatic hydroxyl groups is 1. The summed E-state index contributed by atoms with van der Waals surface area (Å²) in [6.45, 7) is -0.986. The third-order valence-corrected chi connectivity index (χ3v) is 14.3. The molecule has 27 heteroatoms. The van der Waals surface area contributed by atoms with Crippen molar-refractivity contribution in [1.82, 2.24) is 45.9 Å². The van der Waals surface area contributed by atoms with Crippen molar-refractivity contribution < 1.29 is 58.5 Å². The average Bonchev–Trinajstić information content (AvgIpc) is 4.08. The summed E-state index contributed by atoms with van der Waals surface area (Å²) in [7, 11) is 2.63. The molecule has 25 nitrogen and oxygen atoms in total. The quantitative estimate of drug-likeness (QED) is 0.0226. The highest BCUT2D eigenvalue weighted by Crippen LogP contribution is 2.23. The maximum atomic E-state index is 14.7. The minimum atomic E-state index is -1.49. The van der Waals surface area contributed by atoms with Crippen LogP contribution in [-0.2, 0) is 62.4 Å². The van der Waals surface area contributed by atoms with Crippen LogP contribution in [-0.4, -0.2) is 186 Å². The number of guanidine groups is 1. The standard InChI is InChI=1S/C47H63N13O12S2/c48-32(23-40(64)65)41(66)56-33(8-4-14-52-47(49)50)43(68)58-16-18-73-74-19-17-59(44(69)34(54-38(62)25-58)20-29-10-12-31(61)13-11-29)26-39(63)55-35(22-30-24-51-27-53-30)45(70)60-15-5-9-37(60)42(67)57-36(46(71)72)21-28-6-2-1-3-7-28/h1-3,6-7,10-13,24,27,32-37,61H,4-5,8-9,14-23,25-26,48H2,(H,51,53)(H,54,62)(H,55,63)(H,56,66)(H,57,67)(H,64,65)(H,71,72)(H4,49,50,52)/t32-,33-,34-,35-,36-,37-/m0/s1. The Morgan fingerprint density at radius 1 is 0.851 bits per heavy atom. The molecule has 0 spiro atoms. The molecule has 3 aromatic rings. The first kappa shape index (κ1) is 57.5. The highest BCUT2D eigenvalue weighted by molar-refractivity contribution is 8.76. The van der Waals surface area contributed by atoms with E-state index in [4.69, 9.17) is 17.2 Å². The van der Waals surface area contributed by atoms with Crippen molar-refractivity contribution in [3.63, 3.8) is 0 Å². The fraction of sp³-hybridized carbons (Fsp3) is 0.468. The molecule has 6 atom stereocenters. The lowest BCUT2D eigenvalue weighted by molar-refractivity contribution is -0.145. The van der Waals surface area contributed by atoms with Crippen LogP contribution in [0.5, 0.6) is 5.75 Å². The van der Waals surface area contributed by atoms with E-state index in [1.54, 1.807) is 42.5 Å². The molecule has 2 saturated heterocycles. The number of rotatable bonds is 22. The summed E-state index contributed by atoms with van der Waals surface area (Å²) in [6.07, 6.45) is 2.75. The average molecular weight is 1070 g/mol. The van der Waals surface area contributed by atoms with E-state index >= 15 is 0 Å². The van der Waals surface area contributed by atoms with Crippen molar-refractivity contribution in [3.05, 3.63) is 83.9 Å². The number of carboxylic acids is 2. The van der Waals surface area contributed by atoms with Gasteiger partial charge in [0.25, 0.3) is 0 Å². The Balaban J connectivity index is 1.36. The molecule has 5 rings (SSSR count). The van der Waals surface area contributed by atoms with Gasteiger partial charge in [0.05, 0.1) is 31.9 Å². The number of aliphatic carboxylic acids is 2. The number of nitrogens with one attached hydrogen (secondary N) is 5. The van der Waals surface area contributed by atoms with Crippen molar-refractivity contribution >= 4 is 80.8 Å². The van der Waals surface area contributed by atoms with Gasteiger partial charge in [0.1, 0.15) is 36.0 Å². The summed E-state index contributed by atoms with van der Waals surface area (Å²) >= 11 is 0. The number of likely N-dealkylation sites (tertiary alicyclic amines) is 1. The van der Waals surface area contributed by atoms with Crippen LogP contribution in [0, 0.1) is 0 Å². The van der Waals surface area contributed by atoms with Gasteiger partial charge in [0.15, 0.2) is 5.96 Å². The Bertz CT molecular complexity index is 2450. The second-order valence-corrected chi connectivity index (χ2v) is 20.3. The summed E-state index contributed by atoms with van der Waals surface area (Å²) in [6, 6.07) is 6.90. The Morgan fingerprint density at radius 2 is 1.57 bits per heavy atom. The smallest absolute Gasteiger partial charge is 0.326 e. The molecule has 0 saturated carbocycles. The molecule has 3 heterocycles. The number of carbonyl (C=O) groups excluding carboxylic acids is 7. The van der Waals surface area contributed by atoms with Crippen molar-refractivity contribution in [1.29, 1.82) is 0 Å². The first-order chi connectivity index (χ1) is 35.4. The summed E-state index contributed by atoms with van der Waals surface area (Å²) in [5, 5.41) is 39.8. The molecule has 0 bridgehead atoms. The number of aliphatic imine (C=N–C) groups is 1. The number of hydrogen-bond acceptors (Lipinski definition) is 15. The molecule has 2 aromatic carbocycles. The third kappa shape index (κ3) is 18.3. The van der Waals surface area contributed by atoms with Gasteiger partial charge in [-0.3, -0.25) is 43.3 Å². The molecule has 0 unspecified atom stereocenters. The van der Waals surface area contributed by atoms with E-state index < -0.39 is 109 Å². The highest BCUT2D eigenvalue weighted by Gasteiger charge is 2.40. The molecule has 400 valence electrons. The number of carbonyl (C=O) groups is 9. The highest BCUT2D eigenvalue weighted by atomic mass is 33.1. The lowest BCUT2D eigenvalue weighted by atomic mass is 10.0. The monoisotopic (exact) mass is 1070 g/mol. The third-order valence-electron chi connectivity index (χ3n) is 11.9. The number of phenols is 1. The van der Waals surface area contributed by atoms with Crippen molar-refractivity contribution in [2.24, 2.45) is 22.2 Å². The lowest BCUT2D eigenvalue weighted by Crippen LogP contribution is -2.58. The number of amides is 7. The molecule has 1 aromatic heterocycles. The fourth-order valence-corrected chi connectivity index (χ4v) is 10.2. The normalized spacial score (nSPS) is 18.2. The van der Waals surface area contributed by atoms with E-state index in [0.29, 0.717) is 23.2 Å². The van der Waals surface area contributed by atoms with E-state index in [1.165, 1.54) is 60.9 Å². The molecule has 2 aliphatic heterocycles. The number of nitrogens with zero attached hydrogens (tertiary/aromatic N) is 5. The Kier molecular flexibility index (Phi) is 22.3. The minimum absolute atomic E-state index is 0.00478. The van der Waals surface area contributed by atoms with Crippen LogP contribution in [0.4, 0.5) is 0 Å². The maximum Gasteiger partial charge on any atom is 0.326 e. The maximum absolute atomic E-state index is 14.7. The lowest BCUT2D eigenvalue weighted by Gasteiger charge is -2.31. The van der Waals surface area contributed by atoms with E-state index in [0.717, 1.165) is 0 Å². The summed E-state index contributed by atoms with van der Waals surface area (Å²) < 4.78 is 0. The molecular formula is C47H63N13O12S2. The first-order valence-corrected chi connectivity index (χ1v) is 26.2. The number of imidazole rings is 1. The summed E-state index contributed by atoms with van der Waals surface area (Å²) in [4.78, 5) is 137. The number of phenolic OH excluding ortho intramolecular Hbond substituents is 1. The predicted molar refractivity (Wildman–Crippen MR) is 273 cm³/mol. The van der Waals surface area contributed by atoms with E-state index in [9.17, 15) is 58.5 Å².